The summed E-state index contributed by atoms with van der Waals surface area (Å²) in [6.45, 7) is 6.81. The van der Waals surface area contributed by atoms with Gasteiger partial charge in [-0.15, -0.1) is 0 Å². The monoisotopic (exact) mass is 487 g/mol. The predicted molar refractivity (Wildman–Crippen MR) is 130 cm³/mol. The summed E-state index contributed by atoms with van der Waals surface area (Å²) in [5.74, 6) is -1.85. The van der Waals surface area contributed by atoms with Gasteiger partial charge in [-0.05, 0) is 88.6 Å². The third-order valence-corrected chi connectivity index (χ3v) is 8.58. The van der Waals surface area contributed by atoms with E-state index in [2.05, 4.69) is 41.3 Å². The molecule has 35 heavy (non-hydrogen) atoms. The fourth-order valence-electron chi connectivity index (χ4n) is 6.19. The number of likely N-dealkylation sites (tertiary alicyclic amines) is 1. The first-order chi connectivity index (χ1) is 16.6. The van der Waals surface area contributed by atoms with Gasteiger partial charge in [0.15, 0.2) is 0 Å². The molecule has 3 aliphatic rings. The van der Waals surface area contributed by atoms with Crippen LogP contribution in [0.15, 0.2) is 24.5 Å². The van der Waals surface area contributed by atoms with Gasteiger partial charge >= 0.3 is 6.03 Å². The number of alkyl halides is 2. The number of aromatic nitrogens is 2. The van der Waals surface area contributed by atoms with Gasteiger partial charge < -0.3 is 0 Å². The Balaban J connectivity index is 1.21. The smallest absolute Gasteiger partial charge is 0.298 e. The first-order valence-electron chi connectivity index (χ1n) is 12.8. The summed E-state index contributed by atoms with van der Waals surface area (Å²) in [5, 5.41) is 6.76. The molecule has 0 aromatic carbocycles. The van der Waals surface area contributed by atoms with E-state index in [4.69, 9.17) is 0 Å². The Morgan fingerprint density at radius 1 is 1.11 bits per heavy atom. The number of nitrogens with zero attached hydrogens (tertiary/aromatic N) is 4. The van der Waals surface area contributed by atoms with Crippen LogP contribution in [0, 0.1) is 11.8 Å². The molecule has 1 saturated carbocycles. The van der Waals surface area contributed by atoms with Crippen LogP contribution in [0.3, 0.4) is 0 Å². The summed E-state index contributed by atoms with van der Waals surface area (Å²) in [6, 6.07) is 3.78. The molecule has 4 heterocycles. The number of halogens is 2. The van der Waals surface area contributed by atoms with Crippen LogP contribution < -0.4 is 10.2 Å². The van der Waals surface area contributed by atoms with Crippen LogP contribution in [0.25, 0.3) is 5.52 Å². The molecule has 9 heteroatoms. The van der Waals surface area contributed by atoms with Gasteiger partial charge in [-0.3, -0.25) is 19.9 Å². The molecule has 2 saturated heterocycles. The Morgan fingerprint density at radius 2 is 1.83 bits per heavy atom. The zero-order valence-corrected chi connectivity index (χ0v) is 20.6. The number of hydrogen-bond acceptors (Lipinski definition) is 4. The van der Waals surface area contributed by atoms with Crippen LogP contribution in [0.4, 0.5) is 19.3 Å². The molecule has 1 aliphatic carbocycles. The maximum absolute atomic E-state index is 13.7. The molecule has 0 bridgehead atoms. The van der Waals surface area contributed by atoms with Crippen molar-refractivity contribution in [3.05, 3.63) is 30.1 Å². The number of imide groups is 1. The van der Waals surface area contributed by atoms with Gasteiger partial charge in [-0.1, -0.05) is 0 Å². The molecular formula is C26H35F2N5O2. The third-order valence-electron chi connectivity index (χ3n) is 8.58. The van der Waals surface area contributed by atoms with E-state index < -0.39 is 12.0 Å². The van der Waals surface area contributed by atoms with E-state index in [0.29, 0.717) is 36.9 Å². The molecular weight excluding hydrogens is 452 g/mol. The summed E-state index contributed by atoms with van der Waals surface area (Å²) in [5.41, 5.74) is 2.73. The Bertz CT molecular complexity index is 1100. The molecule has 3 fully saturated rings. The highest BCUT2D eigenvalue weighted by molar-refractivity contribution is 6.07. The van der Waals surface area contributed by atoms with E-state index in [1.165, 1.54) is 5.56 Å². The van der Waals surface area contributed by atoms with Crippen LogP contribution in [0.5, 0.6) is 0 Å². The van der Waals surface area contributed by atoms with E-state index in [1.807, 2.05) is 6.20 Å². The lowest BCUT2D eigenvalue weighted by Crippen LogP contribution is -2.53. The van der Waals surface area contributed by atoms with Crippen molar-refractivity contribution < 1.29 is 18.4 Å². The number of anilines is 1. The Hall–Kier alpha value is -2.55. The Labute approximate surface area is 204 Å². The number of fused-ring (bicyclic) bond motifs is 1. The molecule has 190 valence electrons. The van der Waals surface area contributed by atoms with Gasteiger partial charge in [0, 0.05) is 37.5 Å². The second-order valence-electron chi connectivity index (χ2n) is 11.1. The molecule has 0 spiro atoms. The van der Waals surface area contributed by atoms with Crippen LogP contribution in [0.2, 0.25) is 0 Å². The number of nitrogens with one attached hydrogen (secondary N) is 1. The van der Waals surface area contributed by atoms with Crippen molar-refractivity contribution in [2.24, 2.45) is 11.8 Å². The minimum Gasteiger partial charge on any atom is -0.298 e. The Kier molecular flexibility index (Phi) is 6.32. The maximum Gasteiger partial charge on any atom is 0.328 e. The van der Waals surface area contributed by atoms with Crippen molar-refractivity contribution in [3.8, 4) is 0 Å². The fraction of sp³-hybridized carbons (Fsp3) is 0.654. The SMILES string of the molecule is CC(C)(C1CCC(F)(F)CC1)N1CCC(Cc2ccn3ncc(N4CCC(=O)NC4=O)c3c2)CC1. The second kappa shape index (κ2) is 9.15. The number of carbonyl (C=O) groups excluding carboxylic acids is 2. The standard InChI is InChI=1S/C26H35F2N5O2/c1-25(2,20-3-9-26(27,28)10-4-20)31-11-5-18(6-12-31)15-19-7-14-33-21(16-19)22(17-29-33)32-13-8-23(34)30-24(32)35/h7,14,16-18,20H,3-6,8-13,15H2,1-2H3,(H,30,34,35). The van der Waals surface area contributed by atoms with Crippen molar-refractivity contribution in [2.75, 3.05) is 24.5 Å². The lowest BCUT2D eigenvalue weighted by atomic mass is 9.73. The zero-order chi connectivity index (χ0) is 24.8. The third kappa shape index (κ3) is 4.92. The molecule has 0 unspecified atom stereocenters. The number of rotatable bonds is 5. The van der Waals surface area contributed by atoms with Gasteiger partial charge in [-0.25, -0.2) is 18.1 Å². The Morgan fingerprint density at radius 3 is 2.51 bits per heavy atom. The van der Waals surface area contributed by atoms with Gasteiger partial charge in [0.05, 0.1) is 17.4 Å². The van der Waals surface area contributed by atoms with Crippen LogP contribution in [0.1, 0.15) is 64.4 Å². The van der Waals surface area contributed by atoms with E-state index >= 15 is 0 Å². The molecule has 0 radical (unpaired) electrons. The zero-order valence-electron chi connectivity index (χ0n) is 20.6. The van der Waals surface area contributed by atoms with Crippen LogP contribution in [-0.2, 0) is 11.2 Å². The van der Waals surface area contributed by atoms with Crippen LogP contribution >= 0.6 is 0 Å². The largest absolute Gasteiger partial charge is 0.328 e. The predicted octanol–water partition coefficient (Wildman–Crippen LogP) is 4.64. The number of hydrogen-bond donors (Lipinski definition) is 1. The molecule has 5 rings (SSSR count). The maximum atomic E-state index is 13.7. The molecule has 3 amide bonds. The minimum absolute atomic E-state index is 0.0199. The van der Waals surface area contributed by atoms with Gasteiger partial charge in [0.25, 0.3) is 0 Å². The fourth-order valence-corrected chi connectivity index (χ4v) is 6.19. The lowest BCUT2D eigenvalue weighted by molar-refractivity contribution is -0.120. The van der Waals surface area contributed by atoms with E-state index in [-0.39, 0.29) is 30.7 Å². The topological polar surface area (TPSA) is 70.0 Å². The number of pyridine rings is 1. The molecule has 2 aliphatic heterocycles. The first-order valence-corrected chi connectivity index (χ1v) is 12.8. The van der Waals surface area contributed by atoms with E-state index in [0.717, 1.165) is 37.9 Å². The molecule has 7 nitrogen and oxygen atoms in total. The summed E-state index contributed by atoms with van der Waals surface area (Å²) in [6.07, 6.45) is 8.26. The first kappa shape index (κ1) is 24.2. The average molecular weight is 488 g/mol. The normalized spacial score (nSPS) is 23.1. The van der Waals surface area contributed by atoms with Crippen molar-refractivity contribution in [2.45, 2.75) is 76.7 Å². The molecule has 0 atom stereocenters. The van der Waals surface area contributed by atoms with Crippen molar-refractivity contribution in [1.82, 2.24) is 19.8 Å². The quantitative estimate of drug-likeness (QED) is 0.667. The number of piperidine rings is 1. The molecule has 2 aromatic heterocycles. The second-order valence-corrected chi connectivity index (χ2v) is 11.1. The van der Waals surface area contributed by atoms with E-state index in [9.17, 15) is 18.4 Å². The van der Waals surface area contributed by atoms with Crippen molar-refractivity contribution >= 4 is 23.1 Å². The van der Waals surface area contributed by atoms with Gasteiger partial charge in [0.1, 0.15) is 0 Å². The van der Waals surface area contributed by atoms with Gasteiger partial charge in [0.2, 0.25) is 11.8 Å². The van der Waals surface area contributed by atoms with Crippen molar-refractivity contribution in [1.29, 1.82) is 0 Å². The number of amides is 3. The number of carbonyl (C=O) groups is 2. The molecule has 2 aromatic rings. The summed E-state index contributed by atoms with van der Waals surface area (Å²) < 4.78 is 29.1. The average Bonchev–Trinajstić information content (AvgIpc) is 3.22. The summed E-state index contributed by atoms with van der Waals surface area (Å²) >= 11 is 0. The highest BCUT2D eigenvalue weighted by atomic mass is 19.3. The van der Waals surface area contributed by atoms with Crippen LogP contribution in [-0.4, -0.2) is 57.5 Å². The molecule has 1 N–H and O–H groups in total. The van der Waals surface area contributed by atoms with E-state index in [1.54, 1.807) is 15.6 Å². The number of urea groups is 1. The minimum atomic E-state index is -2.48. The lowest BCUT2D eigenvalue weighted by Gasteiger charge is -2.49. The summed E-state index contributed by atoms with van der Waals surface area (Å²) in [4.78, 5) is 27.9. The van der Waals surface area contributed by atoms with Crippen molar-refractivity contribution in [3.63, 3.8) is 0 Å². The summed E-state index contributed by atoms with van der Waals surface area (Å²) in [7, 11) is 0. The van der Waals surface area contributed by atoms with Gasteiger partial charge in [-0.2, -0.15) is 5.10 Å². The highest BCUT2D eigenvalue weighted by Gasteiger charge is 2.43. The highest BCUT2D eigenvalue weighted by Crippen LogP contribution is 2.43.